The minimum absolute atomic E-state index is 0.693. The predicted octanol–water partition coefficient (Wildman–Crippen LogP) is -2.64. The molecule has 0 aliphatic rings. The number of carboxylic acids is 1. The van der Waals surface area contributed by atoms with E-state index in [-0.39, 0.29) is 0 Å². The first-order valence-electron chi connectivity index (χ1n) is 3.36. The van der Waals surface area contributed by atoms with Crippen LogP contribution in [0, 0.1) is 5.92 Å². The molecule has 0 rings (SSSR count). The van der Waals surface area contributed by atoms with Crippen molar-refractivity contribution in [2.24, 2.45) is 11.7 Å². The highest BCUT2D eigenvalue weighted by molar-refractivity contribution is 5.72. The molecule has 0 amide bonds. The Hall–Kier alpha value is -0.690. The summed E-state index contributed by atoms with van der Waals surface area (Å²) >= 11 is 0. The summed E-state index contributed by atoms with van der Waals surface area (Å²) in [6.45, 7) is -2.10. The van der Waals surface area contributed by atoms with Crippen molar-refractivity contribution in [2.75, 3.05) is 19.8 Å². The molecule has 72 valence electrons. The largest absolute Gasteiger partial charge is 0.481 e. The number of aliphatic hydroxyl groups excluding tert-OH is 3. The van der Waals surface area contributed by atoms with Gasteiger partial charge in [-0.1, -0.05) is 0 Å². The fourth-order valence-corrected chi connectivity index (χ4v) is 0.776. The predicted molar refractivity (Wildman–Crippen MR) is 39.3 cm³/mol. The van der Waals surface area contributed by atoms with Crippen molar-refractivity contribution in [3.63, 3.8) is 0 Å². The summed E-state index contributed by atoms with van der Waals surface area (Å²) in [6, 6.07) is 0. The first-order valence-corrected chi connectivity index (χ1v) is 3.36. The van der Waals surface area contributed by atoms with Crippen molar-refractivity contribution in [2.45, 2.75) is 5.54 Å². The number of hydrogen-bond donors (Lipinski definition) is 5. The Bertz CT molecular complexity index is 156. The summed E-state index contributed by atoms with van der Waals surface area (Å²) in [5, 5.41) is 34.5. The standard InChI is InChI=1S/C6H13NO5/c7-6(2-9,3-10)4(1-8)5(11)12/h4,8-10H,1-3,7H2,(H,11,12). The lowest BCUT2D eigenvalue weighted by molar-refractivity contribution is -0.148. The van der Waals surface area contributed by atoms with E-state index in [1.807, 2.05) is 0 Å². The number of aliphatic hydroxyl groups is 3. The highest BCUT2D eigenvalue weighted by atomic mass is 16.4. The maximum atomic E-state index is 10.4. The molecule has 12 heavy (non-hydrogen) atoms. The van der Waals surface area contributed by atoms with Gasteiger partial charge in [-0.2, -0.15) is 0 Å². The molecule has 6 nitrogen and oxygen atoms in total. The number of carboxylic acid groups (broad SMARTS) is 1. The van der Waals surface area contributed by atoms with Gasteiger partial charge in [0.05, 0.1) is 25.4 Å². The van der Waals surface area contributed by atoms with Gasteiger partial charge in [-0.15, -0.1) is 0 Å². The second kappa shape index (κ2) is 4.36. The zero-order valence-electron chi connectivity index (χ0n) is 6.47. The number of aliphatic carboxylic acids is 1. The smallest absolute Gasteiger partial charge is 0.310 e. The van der Waals surface area contributed by atoms with Gasteiger partial charge >= 0.3 is 5.97 Å². The molecule has 1 unspecified atom stereocenters. The second-order valence-electron chi connectivity index (χ2n) is 2.62. The number of carbonyl (C=O) groups is 1. The van der Waals surface area contributed by atoms with Gasteiger partial charge in [0.2, 0.25) is 0 Å². The quantitative estimate of drug-likeness (QED) is 0.314. The summed E-state index contributed by atoms with van der Waals surface area (Å²) in [5.74, 6) is -2.70. The maximum Gasteiger partial charge on any atom is 0.310 e. The molecule has 6 N–H and O–H groups in total. The SMILES string of the molecule is NC(CO)(CO)C(CO)C(=O)O. The first kappa shape index (κ1) is 11.3. The van der Waals surface area contributed by atoms with E-state index in [2.05, 4.69) is 0 Å². The Morgan fingerprint density at radius 2 is 1.75 bits per heavy atom. The fraction of sp³-hybridized carbons (Fsp3) is 0.833. The summed E-state index contributed by atoms with van der Waals surface area (Å²) < 4.78 is 0. The highest BCUT2D eigenvalue weighted by Crippen LogP contribution is 2.13. The van der Waals surface area contributed by atoms with Gasteiger partial charge in [0.25, 0.3) is 0 Å². The third kappa shape index (κ3) is 2.15. The molecular weight excluding hydrogens is 166 g/mol. The average Bonchev–Trinajstić information content (AvgIpc) is 2.04. The van der Waals surface area contributed by atoms with Crippen LogP contribution in [0.5, 0.6) is 0 Å². The Morgan fingerprint density at radius 1 is 1.33 bits per heavy atom. The maximum absolute atomic E-state index is 10.4. The van der Waals surface area contributed by atoms with Crippen LogP contribution in [0.25, 0.3) is 0 Å². The van der Waals surface area contributed by atoms with Gasteiger partial charge in [-0.05, 0) is 0 Å². The van der Waals surface area contributed by atoms with E-state index in [1.54, 1.807) is 0 Å². The molecule has 0 bridgehead atoms. The molecule has 1 atom stereocenters. The van der Waals surface area contributed by atoms with E-state index in [4.69, 9.17) is 26.2 Å². The van der Waals surface area contributed by atoms with E-state index in [9.17, 15) is 4.79 Å². The van der Waals surface area contributed by atoms with Gasteiger partial charge in [-0.3, -0.25) is 4.79 Å². The minimum atomic E-state index is -1.67. The molecule has 0 fully saturated rings. The normalized spacial score (nSPS) is 14.3. The zero-order valence-corrected chi connectivity index (χ0v) is 6.47. The lowest BCUT2D eigenvalue weighted by Crippen LogP contribution is -2.57. The molecule has 0 spiro atoms. The topological polar surface area (TPSA) is 124 Å². The number of hydrogen-bond acceptors (Lipinski definition) is 5. The van der Waals surface area contributed by atoms with Crippen LogP contribution >= 0.6 is 0 Å². The first-order chi connectivity index (χ1) is 5.51. The molecule has 0 aromatic rings. The van der Waals surface area contributed by atoms with E-state index in [1.165, 1.54) is 0 Å². The highest BCUT2D eigenvalue weighted by Gasteiger charge is 2.38. The van der Waals surface area contributed by atoms with Crippen LogP contribution in [0.4, 0.5) is 0 Å². The summed E-state index contributed by atoms with van der Waals surface area (Å²) in [7, 11) is 0. The van der Waals surface area contributed by atoms with Crippen LogP contribution in [0.3, 0.4) is 0 Å². The van der Waals surface area contributed by atoms with E-state index in [0.29, 0.717) is 0 Å². The van der Waals surface area contributed by atoms with E-state index in [0.717, 1.165) is 0 Å². The second-order valence-corrected chi connectivity index (χ2v) is 2.62. The van der Waals surface area contributed by atoms with Gasteiger partial charge < -0.3 is 26.2 Å². The Morgan fingerprint density at radius 3 is 1.83 bits per heavy atom. The molecule has 0 aliphatic heterocycles. The fourth-order valence-electron chi connectivity index (χ4n) is 0.776. The van der Waals surface area contributed by atoms with Crippen molar-refractivity contribution < 1.29 is 25.2 Å². The van der Waals surface area contributed by atoms with Crippen LogP contribution in [-0.2, 0) is 4.79 Å². The Balaban J connectivity index is 4.54. The van der Waals surface area contributed by atoms with Crippen LogP contribution < -0.4 is 5.73 Å². The summed E-state index contributed by atoms with van der Waals surface area (Å²) in [6.07, 6.45) is 0. The van der Waals surface area contributed by atoms with Crippen molar-refractivity contribution in [1.82, 2.24) is 0 Å². The monoisotopic (exact) mass is 179 g/mol. The van der Waals surface area contributed by atoms with Gasteiger partial charge in [0, 0.05) is 0 Å². The van der Waals surface area contributed by atoms with Gasteiger partial charge in [0.1, 0.15) is 5.92 Å². The number of nitrogens with two attached hydrogens (primary N) is 1. The molecule has 0 aromatic carbocycles. The molecule has 0 saturated carbocycles. The molecule has 0 radical (unpaired) electrons. The van der Waals surface area contributed by atoms with E-state index >= 15 is 0 Å². The van der Waals surface area contributed by atoms with Crippen molar-refractivity contribution in [3.05, 3.63) is 0 Å². The molecule has 6 heteroatoms. The third-order valence-electron chi connectivity index (χ3n) is 1.76. The van der Waals surface area contributed by atoms with Crippen molar-refractivity contribution >= 4 is 5.97 Å². The van der Waals surface area contributed by atoms with Crippen molar-refractivity contribution in [3.8, 4) is 0 Å². The molecule has 0 heterocycles. The molecule has 0 aromatic heterocycles. The summed E-state index contributed by atoms with van der Waals surface area (Å²) in [4.78, 5) is 10.4. The Labute approximate surface area is 69.2 Å². The average molecular weight is 179 g/mol. The summed E-state index contributed by atoms with van der Waals surface area (Å²) in [5.41, 5.74) is 3.65. The molecule has 0 aliphatic carbocycles. The molecule has 0 saturated heterocycles. The molecular formula is C6H13NO5. The van der Waals surface area contributed by atoms with Gasteiger partial charge in [0.15, 0.2) is 0 Å². The third-order valence-corrected chi connectivity index (χ3v) is 1.76. The van der Waals surface area contributed by atoms with Crippen LogP contribution in [0.2, 0.25) is 0 Å². The number of rotatable bonds is 5. The zero-order chi connectivity index (χ0) is 9.78. The lowest BCUT2D eigenvalue weighted by Gasteiger charge is -2.29. The van der Waals surface area contributed by atoms with Crippen LogP contribution in [0.15, 0.2) is 0 Å². The van der Waals surface area contributed by atoms with Crippen LogP contribution in [-0.4, -0.2) is 51.8 Å². The van der Waals surface area contributed by atoms with Crippen LogP contribution in [0.1, 0.15) is 0 Å². The van der Waals surface area contributed by atoms with Gasteiger partial charge in [-0.25, -0.2) is 0 Å². The van der Waals surface area contributed by atoms with Crippen molar-refractivity contribution in [1.29, 1.82) is 0 Å². The minimum Gasteiger partial charge on any atom is -0.481 e. The Kier molecular flexibility index (Phi) is 4.11. The lowest BCUT2D eigenvalue weighted by atomic mass is 9.87. The van der Waals surface area contributed by atoms with E-state index < -0.39 is 37.2 Å².